The summed E-state index contributed by atoms with van der Waals surface area (Å²) in [5.41, 5.74) is 6.94. The second-order valence-corrected chi connectivity index (χ2v) is 3.51. The van der Waals surface area contributed by atoms with E-state index in [1.807, 2.05) is 6.92 Å². The van der Waals surface area contributed by atoms with Gasteiger partial charge in [-0.3, -0.25) is 5.41 Å². The Bertz CT molecular complexity index is 301. The third kappa shape index (κ3) is 6.74. The molecule has 0 unspecified atom stereocenters. The molecule has 4 nitrogen and oxygen atoms in total. The monoisotopic (exact) mass is 228 g/mol. The summed E-state index contributed by atoms with van der Waals surface area (Å²) < 4.78 is 0. The summed E-state index contributed by atoms with van der Waals surface area (Å²) in [5, 5.41) is 17.8. The maximum Gasteiger partial charge on any atom is 0.125 e. The first-order valence-corrected chi connectivity index (χ1v) is 5.03. The van der Waals surface area contributed by atoms with E-state index in [2.05, 4.69) is 5.32 Å². The number of hydrogen-bond donors (Lipinski definition) is 4. The van der Waals surface area contributed by atoms with Crippen molar-refractivity contribution < 1.29 is 0 Å². The zero-order valence-electron chi connectivity index (χ0n) is 9.02. The van der Waals surface area contributed by atoms with Crippen LogP contribution in [0.5, 0.6) is 0 Å². The van der Waals surface area contributed by atoms with E-state index in [-0.39, 0.29) is 5.17 Å². The molecule has 5 heteroatoms. The highest BCUT2D eigenvalue weighted by Gasteiger charge is 2.04. The number of hydrogen-bond acceptors (Lipinski definition) is 4. The van der Waals surface area contributed by atoms with E-state index in [1.165, 1.54) is 0 Å². The Morgan fingerprint density at radius 3 is 2.47 bits per heavy atom. The highest BCUT2D eigenvalue weighted by atomic mass is 35.5. The Kier molecular flexibility index (Phi) is 6.45. The molecule has 0 aromatic rings. The molecule has 15 heavy (non-hydrogen) atoms. The molecule has 84 valence electrons. The molecule has 0 heterocycles. The fraction of sp³-hybridized carbons (Fsp3) is 0.400. The molecule has 0 aliphatic heterocycles. The van der Waals surface area contributed by atoms with Crippen molar-refractivity contribution in [3.8, 4) is 0 Å². The zero-order chi connectivity index (χ0) is 11.8. The van der Waals surface area contributed by atoms with Gasteiger partial charge in [0, 0.05) is 36.1 Å². The normalized spacial score (nSPS) is 12.5. The Morgan fingerprint density at radius 2 is 2.07 bits per heavy atom. The fourth-order valence-corrected chi connectivity index (χ4v) is 1.07. The second kappa shape index (κ2) is 7.06. The molecule has 5 N–H and O–H groups in total. The Morgan fingerprint density at radius 1 is 1.47 bits per heavy atom. The molecule has 0 aromatic carbocycles. The summed E-state index contributed by atoms with van der Waals surface area (Å²) in [5.74, 6) is 0. The largest absolute Gasteiger partial charge is 0.402 e. The van der Waals surface area contributed by atoms with Gasteiger partial charge < -0.3 is 16.5 Å². The third-order valence-electron chi connectivity index (χ3n) is 1.55. The quantitative estimate of drug-likeness (QED) is 0.524. The highest BCUT2D eigenvalue weighted by Crippen LogP contribution is 2.07. The maximum absolute atomic E-state index is 7.60. The van der Waals surface area contributed by atoms with Gasteiger partial charge >= 0.3 is 0 Å². The van der Waals surface area contributed by atoms with Crippen LogP contribution in [-0.4, -0.2) is 17.4 Å². The molecule has 0 atom stereocenters. The van der Waals surface area contributed by atoms with Crippen molar-refractivity contribution in [2.75, 3.05) is 6.54 Å². The van der Waals surface area contributed by atoms with Crippen LogP contribution in [0.3, 0.4) is 0 Å². The van der Waals surface area contributed by atoms with Crippen LogP contribution in [0, 0.1) is 10.8 Å². The minimum absolute atomic E-state index is 0.0521. The maximum atomic E-state index is 7.60. The van der Waals surface area contributed by atoms with E-state index < -0.39 is 0 Å². The van der Waals surface area contributed by atoms with Crippen LogP contribution in [-0.2, 0) is 0 Å². The van der Waals surface area contributed by atoms with Gasteiger partial charge in [-0.1, -0.05) is 11.6 Å². The number of halogens is 1. The lowest BCUT2D eigenvalue weighted by Crippen LogP contribution is -2.09. The first kappa shape index (κ1) is 13.7. The van der Waals surface area contributed by atoms with Gasteiger partial charge in [-0.25, -0.2) is 0 Å². The van der Waals surface area contributed by atoms with E-state index in [0.29, 0.717) is 23.4 Å². The number of rotatable bonds is 6. The van der Waals surface area contributed by atoms with E-state index in [9.17, 15) is 0 Å². The van der Waals surface area contributed by atoms with Gasteiger partial charge in [0.2, 0.25) is 0 Å². The third-order valence-corrected chi connectivity index (χ3v) is 1.79. The molecule has 0 aromatic heterocycles. The van der Waals surface area contributed by atoms with Crippen LogP contribution in [0.25, 0.3) is 0 Å². The number of nitrogens with two attached hydrogens (primary N) is 1. The van der Waals surface area contributed by atoms with E-state index in [0.717, 1.165) is 6.54 Å². The summed E-state index contributed by atoms with van der Waals surface area (Å²) in [6, 6.07) is 0. The zero-order valence-corrected chi connectivity index (χ0v) is 9.78. The average molecular weight is 229 g/mol. The molecule has 0 saturated carbocycles. The minimum atomic E-state index is -0.0521. The number of allylic oxidation sites excluding steroid dienone is 3. The Balaban J connectivity index is 4.49. The van der Waals surface area contributed by atoms with Crippen molar-refractivity contribution in [3.63, 3.8) is 0 Å². The SMILES string of the molecule is CCN/C=C(/CC(=N)C=C(C)N)C(=N)Cl. The van der Waals surface area contributed by atoms with Crippen LogP contribution < -0.4 is 11.1 Å². The molecule has 0 amide bonds. The van der Waals surface area contributed by atoms with Crippen LogP contribution >= 0.6 is 11.6 Å². The van der Waals surface area contributed by atoms with E-state index in [4.69, 9.17) is 28.2 Å². The number of nitrogens with one attached hydrogen (secondary N) is 3. The lowest BCUT2D eigenvalue weighted by molar-refractivity contribution is 0.911. The highest BCUT2D eigenvalue weighted by molar-refractivity contribution is 6.68. The Hall–Kier alpha value is -1.29. The van der Waals surface area contributed by atoms with Crippen molar-refractivity contribution in [3.05, 3.63) is 23.5 Å². The molecule has 0 aliphatic rings. The van der Waals surface area contributed by atoms with Crippen LogP contribution in [0.2, 0.25) is 0 Å². The van der Waals surface area contributed by atoms with Crippen LogP contribution in [0.1, 0.15) is 20.3 Å². The first-order valence-electron chi connectivity index (χ1n) is 4.65. The summed E-state index contributed by atoms with van der Waals surface area (Å²) >= 11 is 5.59. The summed E-state index contributed by atoms with van der Waals surface area (Å²) in [4.78, 5) is 0. The smallest absolute Gasteiger partial charge is 0.125 e. The van der Waals surface area contributed by atoms with E-state index >= 15 is 0 Å². The van der Waals surface area contributed by atoms with Crippen LogP contribution in [0.15, 0.2) is 23.5 Å². The second-order valence-electron chi connectivity index (χ2n) is 3.13. The van der Waals surface area contributed by atoms with Gasteiger partial charge in [-0.05, 0) is 19.9 Å². The molecule has 0 fully saturated rings. The summed E-state index contributed by atoms with van der Waals surface area (Å²) in [6.45, 7) is 4.42. The summed E-state index contributed by atoms with van der Waals surface area (Å²) in [6.07, 6.45) is 3.52. The lowest BCUT2D eigenvalue weighted by atomic mass is 10.1. The van der Waals surface area contributed by atoms with Crippen molar-refractivity contribution in [2.24, 2.45) is 5.73 Å². The van der Waals surface area contributed by atoms with Gasteiger partial charge in [0.1, 0.15) is 5.17 Å². The molecule has 0 spiro atoms. The topological polar surface area (TPSA) is 85.8 Å². The Labute approximate surface area is 95.2 Å². The first-order chi connectivity index (χ1) is 6.97. The molecular formula is C10H17ClN4. The van der Waals surface area contributed by atoms with Crippen LogP contribution in [0.4, 0.5) is 0 Å². The van der Waals surface area contributed by atoms with Crippen molar-refractivity contribution in [1.29, 1.82) is 10.8 Å². The van der Waals surface area contributed by atoms with Crippen molar-refractivity contribution in [1.82, 2.24) is 5.32 Å². The molecular weight excluding hydrogens is 212 g/mol. The molecule has 0 rings (SSSR count). The van der Waals surface area contributed by atoms with E-state index in [1.54, 1.807) is 19.2 Å². The standard InChI is InChI=1S/C10H17ClN4/c1-3-15-6-8(10(11)14)5-9(13)4-7(2)12/h4,6,13-15H,3,5,12H2,1-2H3/b7-4?,8-6-,13-9?,14-10?. The van der Waals surface area contributed by atoms with Gasteiger partial charge in [0.15, 0.2) is 0 Å². The lowest BCUT2D eigenvalue weighted by Gasteiger charge is -2.04. The van der Waals surface area contributed by atoms with Gasteiger partial charge in [0.05, 0.1) is 0 Å². The molecule has 0 saturated heterocycles. The molecule has 0 radical (unpaired) electrons. The van der Waals surface area contributed by atoms with Gasteiger partial charge in [-0.15, -0.1) is 0 Å². The fourth-order valence-electron chi connectivity index (χ4n) is 0.948. The van der Waals surface area contributed by atoms with Gasteiger partial charge in [0.25, 0.3) is 0 Å². The van der Waals surface area contributed by atoms with Crippen molar-refractivity contribution >= 4 is 22.5 Å². The summed E-state index contributed by atoms with van der Waals surface area (Å²) in [7, 11) is 0. The van der Waals surface area contributed by atoms with Gasteiger partial charge in [-0.2, -0.15) is 0 Å². The molecule has 0 aliphatic carbocycles. The predicted octanol–water partition coefficient (Wildman–Crippen LogP) is 1.97. The van der Waals surface area contributed by atoms with Crippen molar-refractivity contribution in [2.45, 2.75) is 20.3 Å². The average Bonchev–Trinajstić information content (AvgIpc) is 2.10. The molecule has 0 bridgehead atoms. The predicted molar refractivity (Wildman–Crippen MR) is 65.6 cm³/mol. The minimum Gasteiger partial charge on any atom is -0.402 e.